The fraction of sp³-hybridized carbons (Fsp3) is 0.231. The molecule has 0 radical (unpaired) electrons. The summed E-state index contributed by atoms with van der Waals surface area (Å²) in [7, 11) is 0. The highest BCUT2D eigenvalue weighted by Crippen LogP contribution is 2.15. The maximum atomic E-state index is 5.07. The van der Waals surface area contributed by atoms with Gasteiger partial charge in [-0.25, -0.2) is 0 Å². The van der Waals surface area contributed by atoms with Crippen molar-refractivity contribution in [1.82, 2.24) is 4.98 Å². The summed E-state index contributed by atoms with van der Waals surface area (Å²) < 4.78 is 0. The van der Waals surface area contributed by atoms with Crippen molar-refractivity contribution in [2.75, 3.05) is 6.54 Å². The molecule has 1 aromatic heterocycles. The summed E-state index contributed by atoms with van der Waals surface area (Å²) in [6, 6.07) is 8.31. The van der Waals surface area contributed by atoms with Gasteiger partial charge in [0.15, 0.2) is 0 Å². The van der Waals surface area contributed by atoms with Gasteiger partial charge in [-0.2, -0.15) is 0 Å². The van der Waals surface area contributed by atoms with E-state index in [0.29, 0.717) is 6.54 Å². The second-order valence-electron chi connectivity index (χ2n) is 3.68. The molecule has 0 saturated heterocycles. The van der Waals surface area contributed by atoms with Crippen LogP contribution < -0.4 is 5.73 Å². The lowest BCUT2D eigenvalue weighted by Gasteiger charge is -1.86. The smallest absolute Gasteiger partial charge is 0.0456 e. The maximum absolute atomic E-state index is 5.07. The zero-order chi connectivity index (χ0) is 11.3. The van der Waals surface area contributed by atoms with Crippen LogP contribution in [0.3, 0.4) is 0 Å². The highest BCUT2D eigenvalue weighted by molar-refractivity contribution is 5.82. The van der Waals surface area contributed by atoms with Gasteiger partial charge in [0.2, 0.25) is 0 Å². The minimum absolute atomic E-state index is 0.611. The Morgan fingerprint density at radius 1 is 1.40 bits per heavy atom. The molecule has 1 heterocycles. The Kier molecular flexibility index (Phi) is 4.13. The summed E-state index contributed by atoms with van der Waals surface area (Å²) >= 11 is 0. The van der Waals surface area contributed by atoms with Crippen molar-refractivity contribution in [3.63, 3.8) is 0 Å². The summed E-state index contributed by atoms with van der Waals surface area (Å²) in [6.07, 6.45) is 2.03. The number of H-pyrrole nitrogens is 1. The van der Waals surface area contributed by atoms with Gasteiger partial charge in [0.25, 0.3) is 0 Å². The first-order valence-corrected chi connectivity index (χ1v) is 5.02. The number of nitrogens with one attached hydrogen (secondary N) is 1. The number of benzene rings is 1. The van der Waals surface area contributed by atoms with Gasteiger partial charge >= 0.3 is 0 Å². The van der Waals surface area contributed by atoms with Crippen LogP contribution in [0.15, 0.2) is 42.6 Å². The Morgan fingerprint density at radius 3 is 2.53 bits per heavy atom. The second-order valence-corrected chi connectivity index (χ2v) is 3.68. The highest BCUT2D eigenvalue weighted by Gasteiger charge is 1.94. The number of hydrogen-bond acceptors (Lipinski definition) is 1. The SMILES string of the molecule is C=C(C)CN.Cc1c[nH]c2ccccc12. The van der Waals surface area contributed by atoms with Crippen molar-refractivity contribution in [3.8, 4) is 0 Å². The van der Waals surface area contributed by atoms with Crippen LogP contribution >= 0.6 is 0 Å². The van der Waals surface area contributed by atoms with Crippen LogP contribution in [0.5, 0.6) is 0 Å². The molecular formula is C13H18N2. The molecule has 0 aliphatic heterocycles. The molecule has 0 fully saturated rings. The molecule has 0 aliphatic rings. The summed E-state index contributed by atoms with van der Waals surface area (Å²) in [4.78, 5) is 3.19. The molecule has 0 aliphatic carbocycles. The molecule has 0 unspecified atom stereocenters. The van der Waals surface area contributed by atoms with E-state index in [0.717, 1.165) is 5.57 Å². The van der Waals surface area contributed by atoms with Crippen molar-refractivity contribution in [3.05, 3.63) is 48.2 Å². The van der Waals surface area contributed by atoms with Crippen LogP contribution in [0.4, 0.5) is 0 Å². The Hall–Kier alpha value is -1.54. The number of hydrogen-bond donors (Lipinski definition) is 2. The summed E-state index contributed by atoms with van der Waals surface area (Å²) in [5.41, 5.74) is 8.64. The number of rotatable bonds is 1. The molecule has 2 aromatic rings. The monoisotopic (exact) mass is 202 g/mol. The van der Waals surface area contributed by atoms with E-state index in [1.54, 1.807) is 0 Å². The molecule has 3 N–H and O–H groups in total. The van der Waals surface area contributed by atoms with Crippen LogP contribution in [-0.4, -0.2) is 11.5 Å². The topological polar surface area (TPSA) is 41.8 Å². The molecule has 1 aromatic carbocycles. The first-order chi connectivity index (χ1) is 7.15. The third kappa shape index (κ3) is 3.26. The first kappa shape index (κ1) is 11.5. The summed E-state index contributed by atoms with van der Waals surface area (Å²) in [5, 5.41) is 1.32. The van der Waals surface area contributed by atoms with E-state index in [1.807, 2.05) is 19.2 Å². The molecule has 0 saturated carbocycles. The van der Waals surface area contributed by atoms with E-state index < -0.39 is 0 Å². The standard InChI is InChI=1S/C9H9N.C4H9N/c1-7-6-10-9-5-3-2-4-8(7)9;1-4(2)3-5/h2-6,10H,1H3;1,3,5H2,2H3. The molecule has 2 heteroatoms. The van der Waals surface area contributed by atoms with Crippen LogP contribution in [0.1, 0.15) is 12.5 Å². The fourth-order valence-corrected chi connectivity index (χ4v) is 1.22. The Labute approximate surface area is 90.8 Å². The minimum Gasteiger partial charge on any atom is -0.361 e. The van der Waals surface area contributed by atoms with Crippen molar-refractivity contribution < 1.29 is 0 Å². The molecule has 2 nitrogen and oxygen atoms in total. The third-order valence-corrected chi connectivity index (χ3v) is 2.14. The molecule has 15 heavy (non-hydrogen) atoms. The minimum atomic E-state index is 0.611. The predicted octanol–water partition coefficient (Wildman–Crippen LogP) is 3.00. The first-order valence-electron chi connectivity index (χ1n) is 5.02. The van der Waals surface area contributed by atoms with Gasteiger partial charge in [-0.1, -0.05) is 30.4 Å². The van der Waals surface area contributed by atoms with Gasteiger partial charge in [-0.05, 0) is 25.5 Å². The quantitative estimate of drug-likeness (QED) is 0.686. The van der Waals surface area contributed by atoms with Crippen molar-refractivity contribution in [2.24, 2.45) is 5.73 Å². The number of aromatic amines is 1. The van der Waals surface area contributed by atoms with E-state index in [1.165, 1.54) is 16.5 Å². The average Bonchev–Trinajstić information content (AvgIpc) is 2.62. The number of fused-ring (bicyclic) bond motifs is 1. The molecular weight excluding hydrogens is 184 g/mol. The van der Waals surface area contributed by atoms with E-state index in [9.17, 15) is 0 Å². The van der Waals surface area contributed by atoms with Crippen LogP contribution in [0.2, 0.25) is 0 Å². The van der Waals surface area contributed by atoms with Crippen molar-refractivity contribution >= 4 is 10.9 Å². The number of aromatic nitrogens is 1. The highest BCUT2D eigenvalue weighted by atomic mass is 14.7. The van der Waals surface area contributed by atoms with Gasteiger partial charge in [0.1, 0.15) is 0 Å². The van der Waals surface area contributed by atoms with E-state index in [-0.39, 0.29) is 0 Å². The number of aryl methyl sites for hydroxylation is 1. The fourth-order valence-electron chi connectivity index (χ4n) is 1.22. The van der Waals surface area contributed by atoms with Crippen molar-refractivity contribution in [2.45, 2.75) is 13.8 Å². The molecule has 0 spiro atoms. The number of nitrogens with two attached hydrogens (primary N) is 1. The zero-order valence-corrected chi connectivity index (χ0v) is 9.38. The van der Waals surface area contributed by atoms with E-state index in [4.69, 9.17) is 5.73 Å². The van der Waals surface area contributed by atoms with E-state index >= 15 is 0 Å². The van der Waals surface area contributed by atoms with Crippen LogP contribution in [0, 0.1) is 6.92 Å². The predicted molar refractivity (Wildman–Crippen MR) is 66.9 cm³/mol. The lowest BCUT2D eigenvalue weighted by Crippen LogP contribution is -1.97. The van der Waals surface area contributed by atoms with Crippen molar-refractivity contribution in [1.29, 1.82) is 0 Å². The lowest BCUT2D eigenvalue weighted by atomic mass is 10.2. The zero-order valence-electron chi connectivity index (χ0n) is 9.38. The lowest BCUT2D eigenvalue weighted by molar-refractivity contribution is 1.15. The Bertz CT molecular complexity index is 440. The largest absolute Gasteiger partial charge is 0.361 e. The van der Waals surface area contributed by atoms with Crippen LogP contribution in [0.25, 0.3) is 10.9 Å². The number of para-hydroxylation sites is 1. The second kappa shape index (κ2) is 5.37. The van der Waals surface area contributed by atoms with Gasteiger partial charge in [0, 0.05) is 23.6 Å². The average molecular weight is 202 g/mol. The summed E-state index contributed by atoms with van der Waals surface area (Å²) in [5.74, 6) is 0. The van der Waals surface area contributed by atoms with E-state index in [2.05, 4.69) is 36.7 Å². The van der Waals surface area contributed by atoms with Gasteiger partial charge in [-0.3, -0.25) is 0 Å². The maximum Gasteiger partial charge on any atom is 0.0456 e. The molecule has 0 bridgehead atoms. The molecule has 80 valence electrons. The molecule has 2 rings (SSSR count). The third-order valence-electron chi connectivity index (χ3n) is 2.14. The van der Waals surface area contributed by atoms with Crippen LogP contribution in [-0.2, 0) is 0 Å². The summed E-state index contributed by atoms with van der Waals surface area (Å²) in [6.45, 7) is 8.17. The molecule has 0 atom stereocenters. The van der Waals surface area contributed by atoms with Gasteiger partial charge in [-0.15, -0.1) is 0 Å². The normalized spacial score (nSPS) is 9.53. The Morgan fingerprint density at radius 2 is 2.00 bits per heavy atom. The molecule has 0 amide bonds. The Balaban J connectivity index is 0.000000195. The van der Waals surface area contributed by atoms with Gasteiger partial charge in [0.05, 0.1) is 0 Å². The van der Waals surface area contributed by atoms with Gasteiger partial charge < -0.3 is 10.7 Å².